The first-order chi connectivity index (χ1) is 8.72. The van der Waals surface area contributed by atoms with Gasteiger partial charge in [0.05, 0.1) is 7.11 Å². The molecule has 0 radical (unpaired) electrons. The van der Waals surface area contributed by atoms with Crippen molar-refractivity contribution in [1.29, 1.82) is 0 Å². The smallest absolute Gasteiger partial charge is 0.327 e. The molecule has 1 fully saturated rings. The molecule has 3 nitrogen and oxygen atoms in total. The SMILES string of the molecule is COC(=O)C(NC1CCCC1)c1ccccc1Br. The van der Waals surface area contributed by atoms with E-state index in [1.807, 2.05) is 24.3 Å². The summed E-state index contributed by atoms with van der Waals surface area (Å²) in [6, 6.07) is 7.81. The van der Waals surface area contributed by atoms with E-state index in [0.29, 0.717) is 6.04 Å². The molecule has 1 saturated carbocycles. The van der Waals surface area contributed by atoms with Gasteiger partial charge < -0.3 is 4.74 Å². The van der Waals surface area contributed by atoms with Gasteiger partial charge in [-0.25, -0.2) is 4.79 Å². The van der Waals surface area contributed by atoms with Gasteiger partial charge in [-0.1, -0.05) is 47.0 Å². The van der Waals surface area contributed by atoms with Gasteiger partial charge in [-0.3, -0.25) is 5.32 Å². The third kappa shape index (κ3) is 3.12. The predicted octanol–water partition coefficient (Wildman–Crippen LogP) is 3.20. The number of carbonyl (C=O) groups excluding carboxylic acids is 1. The van der Waals surface area contributed by atoms with Gasteiger partial charge in [-0.2, -0.15) is 0 Å². The minimum Gasteiger partial charge on any atom is -0.468 e. The molecule has 1 aliphatic rings. The summed E-state index contributed by atoms with van der Waals surface area (Å²) in [5, 5.41) is 3.42. The Morgan fingerprint density at radius 2 is 2.06 bits per heavy atom. The van der Waals surface area contributed by atoms with Crippen LogP contribution in [0.5, 0.6) is 0 Å². The molecule has 98 valence electrons. The van der Waals surface area contributed by atoms with Gasteiger partial charge in [0.15, 0.2) is 0 Å². The Labute approximate surface area is 116 Å². The van der Waals surface area contributed by atoms with E-state index in [1.165, 1.54) is 20.0 Å². The number of carbonyl (C=O) groups is 1. The maximum absolute atomic E-state index is 11.9. The number of methoxy groups -OCH3 is 1. The van der Waals surface area contributed by atoms with Crippen LogP contribution < -0.4 is 5.32 Å². The van der Waals surface area contributed by atoms with Crippen LogP contribution >= 0.6 is 15.9 Å². The number of nitrogens with one attached hydrogen (secondary N) is 1. The average molecular weight is 312 g/mol. The lowest BCUT2D eigenvalue weighted by molar-refractivity contribution is -0.143. The van der Waals surface area contributed by atoms with Crippen molar-refractivity contribution in [1.82, 2.24) is 5.32 Å². The molecule has 1 aromatic rings. The molecule has 1 unspecified atom stereocenters. The van der Waals surface area contributed by atoms with Crippen LogP contribution in [0.25, 0.3) is 0 Å². The number of ether oxygens (including phenoxy) is 1. The van der Waals surface area contributed by atoms with E-state index in [2.05, 4.69) is 21.2 Å². The molecule has 18 heavy (non-hydrogen) atoms. The van der Waals surface area contributed by atoms with E-state index in [9.17, 15) is 4.79 Å². The van der Waals surface area contributed by atoms with Gasteiger partial charge in [0.2, 0.25) is 0 Å². The minimum atomic E-state index is -0.381. The average Bonchev–Trinajstić information content (AvgIpc) is 2.89. The van der Waals surface area contributed by atoms with Crippen molar-refractivity contribution in [2.75, 3.05) is 7.11 Å². The fourth-order valence-electron chi connectivity index (χ4n) is 2.44. The zero-order valence-electron chi connectivity index (χ0n) is 10.5. The second kappa shape index (κ2) is 6.34. The topological polar surface area (TPSA) is 38.3 Å². The summed E-state index contributed by atoms with van der Waals surface area (Å²) in [4.78, 5) is 11.9. The van der Waals surface area contributed by atoms with Gasteiger partial charge in [-0.05, 0) is 24.5 Å². The zero-order chi connectivity index (χ0) is 13.0. The Balaban J connectivity index is 2.19. The van der Waals surface area contributed by atoms with Gasteiger partial charge in [0, 0.05) is 10.5 Å². The zero-order valence-corrected chi connectivity index (χ0v) is 12.1. The summed E-state index contributed by atoms with van der Waals surface area (Å²) in [5.74, 6) is -0.228. The molecule has 0 amide bonds. The quantitative estimate of drug-likeness (QED) is 0.868. The van der Waals surface area contributed by atoms with Crippen LogP contribution in [0, 0.1) is 0 Å². The van der Waals surface area contributed by atoms with Crippen LogP contribution in [0.4, 0.5) is 0 Å². The van der Waals surface area contributed by atoms with Gasteiger partial charge >= 0.3 is 5.97 Å². The Hall–Kier alpha value is -0.870. The molecular weight excluding hydrogens is 294 g/mol. The van der Waals surface area contributed by atoms with Gasteiger partial charge in [-0.15, -0.1) is 0 Å². The van der Waals surface area contributed by atoms with Crippen LogP contribution in [0.15, 0.2) is 28.7 Å². The summed E-state index contributed by atoms with van der Waals surface area (Å²) >= 11 is 3.50. The standard InChI is InChI=1S/C14H18BrNO2/c1-18-14(17)13(16-10-6-2-3-7-10)11-8-4-5-9-12(11)15/h4-5,8-10,13,16H,2-3,6-7H2,1H3. The maximum atomic E-state index is 11.9. The summed E-state index contributed by atoms with van der Waals surface area (Å²) in [7, 11) is 1.43. The van der Waals surface area contributed by atoms with Crippen LogP contribution in [-0.2, 0) is 9.53 Å². The highest BCUT2D eigenvalue weighted by molar-refractivity contribution is 9.10. The Morgan fingerprint density at radius 3 is 2.67 bits per heavy atom. The first-order valence-electron chi connectivity index (χ1n) is 6.30. The van der Waals surface area contributed by atoms with E-state index in [4.69, 9.17) is 4.74 Å². The van der Waals surface area contributed by atoms with E-state index in [-0.39, 0.29) is 12.0 Å². The van der Waals surface area contributed by atoms with Gasteiger partial charge in [0.1, 0.15) is 6.04 Å². The van der Waals surface area contributed by atoms with Crippen LogP contribution in [0.1, 0.15) is 37.3 Å². The van der Waals surface area contributed by atoms with E-state index in [1.54, 1.807) is 0 Å². The number of hydrogen-bond donors (Lipinski definition) is 1. The molecule has 0 aromatic heterocycles. The number of benzene rings is 1. The fraction of sp³-hybridized carbons (Fsp3) is 0.500. The molecule has 0 saturated heterocycles. The molecule has 1 aromatic carbocycles. The molecular formula is C14H18BrNO2. The predicted molar refractivity (Wildman–Crippen MR) is 74.3 cm³/mol. The lowest BCUT2D eigenvalue weighted by atomic mass is 10.1. The molecule has 0 spiro atoms. The summed E-state index contributed by atoms with van der Waals surface area (Å²) in [6.07, 6.45) is 4.75. The van der Waals surface area contributed by atoms with Crippen molar-refractivity contribution in [2.24, 2.45) is 0 Å². The minimum absolute atomic E-state index is 0.228. The second-order valence-corrected chi connectivity index (χ2v) is 5.48. The maximum Gasteiger partial charge on any atom is 0.327 e. The molecule has 0 heterocycles. The van der Waals surface area contributed by atoms with Crippen molar-refractivity contribution >= 4 is 21.9 Å². The first-order valence-corrected chi connectivity index (χ1v) is 7.10. The monoisotopic (exact) mass is 311 g/mol. The highest BCUT2D eigenvalue weighted by atomic mass is 79.9. The third-order valence-corrected chi connectivity index (χ3v) is 4.13. The summed E-state index contributed by atoms with van der Waals surface area (Å²) in [6.45, 7) is 0. The molecule has 1 N–H and O–H groups in total. The third-order valence-electron chi connectivity index (χ3n) is 3.41. The lowest BCUT2D eigenvalue weighted by Crippen LogP contribution is -2.36. The second-order valence-electron chi connectivity index (χ2n) is 4.63. The fourth-order valence-corrected chi connectivity index (χ4v) is 2.95. The summed E-state index contributed by atoms with van der Waals surface area (Å²) < 4.78 is 5.85. The Bertz CT molecular complexity index is 416. The molecule has 0 bridgehead atoms. The van der Waals surface area contributed by atoms with E-state index < -0.39 is 0 Å². The van der Waals surface area contributed by atoms with Crippen molar-refractivity contribution in [2.45, 2.75) is 37.8 Å². The van der Waals surface area contributed by atoms with Crippen LogP contribution in [0.2, 0.25) is 0 Å². The van der Waals surface area contributed by atoms with Crippen molar-refractivity contribution in [3.05, 3.63) is 34.3 Å². The number of esters is 1. The Morgan fingerprint density at radius 1 is 1.39 bits per heavy atom. The highest BCUT2D eigenvalue weighted by Gasteiger charge is 2.27. The molecule has 1 aliphatic carbocycles. The first kappa shape index (κ1) is 13.6. The summed E-state index contributed by atoms with van der Waals surface area (Å²) in [5.41, 5.74) is 0.941. The van der Waals surface area contributed by atoms with Gasteiger partial charge in [0.25, 0.3) is 0 Å². The van der Waals surface area contributed by atoms with Crippen LogP contribution in [-0.4, -0.2) is 19.1 Å². The molecule has 0 aliphatic heterocycles. The molecule has 2 rings (SSSR count). The van der Waals surface area contributed by atoms with Crippen molar-refractivity contribution in [3.63, 3.8) is 0 Å². The van der Waals surface area contributed by atoms with Crippen molar-refractivity contribution in [3.8, 4) is 0 Å². The largest absolute Gasteiger partial charge is 0.468 e. The molecule has 4 heteroatoms. The highest BCUT2D eigenvalue weighted by Crippen LogP contribution is 2.27. The van der Waals surface area contributed by atoms with Crippen LogP contribution in [0.3, 0.4) is 0 Å². The molecule has 1 atom stereocenters. The number of halogens is 1. The van der Waals surface area contributed by atoms with E-state index in [0.717, 1.165) is 22.9 Å². The Kier molecular flexibility index (Phi) is 4.78. The number of hydrogen-bond acceptors (Lipinski definition) is 3. The lowest BCUT2D eigenvalue weighted by Gasteiger charge is -2.22. The normalized spacial score (nSPS) is 17.7. The van der Waals surface area contributed by atoms with E-state index >= 15 is 0 Å². The van der Waals surface area contributed by atoms with Crippen molar-refractivity contribution < 1.29 is 9.53 Å². The number of rotatable bonds is 4.